The summed E-state index contributed by atoms with van der Waals surface area (Å²) in [5, 5.41) is 4.64. The third-order valence-electron chi connectivity index (χ3n) is 4.43. The number of nitrogens with zero attached hydrogens (tertiary/aromatic N) is 2. The molecule has 4 nitrogen and oxygen atoms in total. The van der Waals surface area contributed by atoms with E-state index in [0.717, 1.165) is 34.5 Å². The highest BCUT2D eigenvalue weighted by atomic mass is 32.2. The van der Waals surface area contributed by atoms with Gasteiger partial charge in [-0.1, -0.05) is 42.1 Å². The predicted molar refractivity (Wildman–Crippen MR) is 114 cm³/mol. The van der Waals surface area contributed by atoms with Gasteiger partial charge in [-0.25, -0.2) is 0 Å². The van der Waals surface area contributed by atoms with Crippen molar-refractivity contribution in [2.45, 2.75) is 11.9 Å². The minimum Gasteiger partial charge on any atom is -0.496 e. The largest absolute Gasteiger partial charge is 0.496 e. The third-order valence-corrected chi connectivity index (χ3v) is 5.43. The van der Waals surface area contributed by atoms with Gasteiger partial charge in [0.2, 0.25) is 0 Å². The first-order chi connectivity index (χ1) is 13.3. The second-order valence-corrected chi connectivity index (χ2v) is 7.42. The van der Waals surface area contributed by atoms with Crippen molar-refractivity contribution in [1.29, 1.82) is 0 Å². The predicted octanol–water partition coefficient (Wildman–Crippen LogP) is 4.52. The van der Waals surface area contributed by atoms with Gasteiger partial charge >= 0.3 is 0 Å². The zero-order valence-corrected chi connectivity index (χ0v) is 15.9. The number of para-hydroxylation sites is 1. The first kappa shape index (κ1) is 17.8. The Morgan fingerprint density at radius 2 is 2.07 bits per heavy atom. The summed E-state index contributed by atoms with van der Waals surface area (Å²) < 4.78 is 5.41. The molecule has 5 heteroatoms. The van der Waals surface area contributed by atoms with Gasteiger partial charge in [-0.2, -0.15) is 0 Å². The van der Waals surface area contributed by atoms with Crippen molar-refractivity contribution in [3.63, 3.8) is 0 Å². The SMILES string of the molecule is COc1ccccc1CCNC1N=C/C(=C/c2ccc3ncccc3c2)S1. The van der Waals surface area contributed by atoms with Crippen molar-refractivity contribution < 1.29 is 4.74 Å². The van der Waals surface area contributed by atoms with E-state index >= 15 is 0 Å². The molecule has 2 aromatic carbocycles. The van der Waals surface area contributed by atoms with E-state index in [1.165, 1.54) is 11.1 Å². The minimum absolute atomic E-state index is 0.0630. The number of rotatable bonds is 6. The standard InChI is InChI=1S/C22H21N3OS/c1-26-21-7-3-2-5-17(21)10-12-24-22-25-15-19(27-22)14-16-8-9-20-18(13-16)6-4-11-23-20/h2-9,11,13-15,22,24H,10,12H2,1H3/b19-14-. The molecule has 0 amide bonds. The molecule has 0 saturated heterocycles. The highest BCUT2D eigenvalue weighted by Crippen LogP contribution is 2.28. The molecule has 1 atom stereocenters. The van der Waals surface area contributed by atoms with Crippen LogP contribution in [0.1, 0.15) is 11.1 Å². The normalized spacial score (nSPS) is 17.7. The molecule has 0 bridgehead atoms. The Morgan fingerprint density at radius 3 is 3.00 bits per heavy atom. The molecule has 136 valence electrons. The average molecular weight is 375 g/mol. The van der Waals surface area contributed by atoms with E-state index in [-0.39, 0.29) is 5.50 Å². The fourth-order valence-corrected chi connectivity index (χ4v) is 3.99. The average Bonchev–Trinajstić information content (AvgIpc) is 3.15. The first-order valence-corrected chi connectivity index (χ1v) is 9.81. The Labute approximate surface area is 163 Å². The Hall–Kier alpha value is -2.63. The molecule has 0 saturated carbocycles. The van der Waals surface area contributed by atoms with Crippen molar-refractivity contribution in [3.8, 4) is 5.75 Å². The Balaban J connectivity index is 1.34. The van der Waals surface area contributed by atoms with Crippen LogP contribution in [0.3, 0.4) is 0 Å². The van der Waals surface area contributed by atoms with E-state index in [2.05, 4.69) is 51.7 Å². The molecule has 27 heavy (non-hydrogen) atoms. The van der Waals surface area contributed by atoms with Crippen molar-refractivity contribution in [2.75, 3.05) is 13.7 Å². The molecule has 1 unspecified atom stereocenters. The smallest absolute Gasteiger partial charge is 0.151 e. The van der Waals surface area contributed by atoms with Gasteiger partial charge in [0.05, 0.1) is 12.6 Å². The lowest BCUT2D eigenvalue weighted by atomic mass is 10.1. The monoisotopic (exact) mass is 375 g/mol. The van der Waals surface area contributed by atoms with Gasteiger partial charge in [0.15, 0.2) is 5.50 Å². The van der Waals surface area contributed by atoms with Crippen LogP contribution in [0.2, 0.25) is 0 Å². The molecular formula is C22H21N3OS. The van der Waals surface area contributed by atoms with Crippen molar-refractivity contribution in [3.05, 3.63) is 76.8 Å². The maximum Gasteiger partial charge on any atom is 0.151 e. The molecular weight excluding hydrogens is 354 g/mol. The summed E-state index contributed by atoms with van der Waals surface area (Å²) in [5.41, 5.74) is 3.45. The highest BCUT2D eigenvalue weighted by molar-refractivity contribution is 8.04. The van der Waals surface area contributed by atoms with E-state index in [4.69, 9.17) is 4.74 Å². The van der Waals surface area contributed by atoms with Gasteiger partial charge < -0.3 is 4.74 Å². The fourth-order valence-electron chi connectivity index (χ4n) is 3.08. The number of allylic oxidation sites excluding steroid dienone is 1. The minimum atomic E-state index is 0.0630. The Kier molecular flexibility index (Phi) is 5.51. The summed E-state index contributed by atoms with van der Waals surface area (Å²) in [4.78, 5) is 10.1. The van der Waals surface area contributed by atoms with Crippen LogP contribution >= 0.6 is 11.8 Å². The number of hydrogen-bond acceptors (Lipinski definition) is 5. The molecule has 1 N–H and O–H groups in total. The van der Waals surface area contributed by atoms with Crippen molar-refractivity contribution >= 4 is 35.0 Å². The van der Waals surface area contributed by atoms with Gasteiger partial charge in [-0.05, 0) is 47.9 Å². The molecule has 1 aliphatic rings. The van der Waals surface area contributed by atoms with E-state index in [1.54, 1.807) is 18.9 Å². The van der Waals surface area contributed by atoms with Crippen LogP contribution in [-0.4, -0.2) is 30.4 Å². The summed E-state index contributed by atoms with van der Waals surface area (Å²) in [5.74, 6) is 0.938. The van der Waals surface area contributed by atoms with Crippen LogP contribution in [-0.2, 0) is 6.42 Å². The number of thioether (sulfide) groups is 1. The first-order valence-electron chi connectivity index (χ1n) is 8.93. The number of aromatic nitrogens is 1. The Morgan fingerprint density at radius 1 is 1.15 bits per heavy atom. The second-order valence-electron chi connectivity index (χ2n) is 6.27. The number of benzene rings is 2. The second kappa shape index (κ2) is 8.37. The number of pyridine rings is 1. The van der Waals surface area contributed by atoms with Crippen molar-refractivity contribution in [1.82, 2.24) is 10.3 Å². The molecule has 3 aromatic rings. The molecule has 4 rings (SSSR count). The van der Waals surface area contributed by atoms with Crippen LogP contribution in [0.4, 0.5) is 0 Å². The van der Waals surface area contributed by atoms with Gasteiger partial charge in [0, 0.05) is 29.2 Å². The summed E-state index contributed by atoms with van der Waals surface area (Å²) >= 11 is 1.74. The lowest BCUT2D eigenvalue weighted by Crippen LogP contribution is -2.24. The van der Waals surface area contributed by atoms with E-state index in [0.29, 0.717) is 0 Å². The molecule has 0 spiro atoms. The highest BCUT2D eigenvalue weighted by Gasteiger charge is 2.15. The number of nitrogens with one attached hydrogen (secondary N) is 1. The molecule has 0 aliphatic carbocycles. The lowest BCUT2D eigenvalue weighted by Gasteiger charge is -2.11. The lowest BCUT2D eigenvalue weighted by molar-refractivity contribution is 0.409. The van der Waals surface area contributed by atoms with Crippen LogP contribution in [0.15, 0.2) is 70.7 Å². The van der Waals surface area contributed by atoms with E-state index < -0.39 is 0 Å². The summed E-state index contributed by atoms with van der Waals surface area (Å²) in [7, 11) is 1.71. The van der Waals surface area contributed by atoms with E-state index in [1.807, 2.05) is 36.7 Å². The van der Waals surface area contributed by atoms with Crippen LogP contribution < -0.4 is 10.1 Å². The zero-order chi connectivity index (χ0) is 18.5. The summed E-state index contributed by atoms with van der Waals surface area (Å²) in [6.07, 6.45) is 6.84. The molecule has 2 heterocycles. The third kappa shape index (κ3) is 4.38. The number of methoxy groups -OCH3 is 1. The van der Waals surface area contributed by atoms with Gasteiger partial charge in [0.1, 0.15) is 5.75 Å². The topological polar surface area (TPSA) is 46.5 Å². The Bertz CT molecular complexity index is 1000. The molecule has 0 radical (unpaired) electrons. The maximum atomic E-state index is 5.41. The molecule has 0 fully saturated rings. The van der Waals surface area contributed by atoms with E-state index in [9.17, 15) is 0 Å². The maximum absolute atomic E-state index is 5.41. The van der Waals surface area contributed by atoms with Crippen LogP contribution in [0.25, 0.3) is 17.0 Å². The number of aliphatic imine (C=N–C) groups is 1. The summed E-state index contributed by atoms with van der Waals surface area (Å²) in [6, 6.07) is 18.5. The number of fused-ring (bicyclic) bond motifs is 1. The molecule has 1 aliphatic heterocycles. The number of ether oxygens (including phenoxy) is 1. The number of hydrogen-bond donors (Lipinski definition) is 1. The summed E-state index contributed by atoms with van der Waals surface area (Å²) in [6.45, 7) is 0.851. The fraction of sp³-hybridized carbons (Fsp3) is 0.182. The van der Waals surface area contributed by atoms with Crippen LogP contribution in [0.5, 0.6) is 5.75 Å². The van der Waals surface area contributed by atoms with Gasteiger partial charge in [0.25, 0.3) is 0 Å². The van der Waals surface area contributed by atoms with Gasteiger partial charge in [-0.3, -0.25) is 15.3 Å². The zero-order valence-electron chi connectivity index (χ0n) is 15.1. The molecule has 1 aromatic heterocycles. The van der Waals surface area contributed by atoms with Crippen molar-refractivity contribution in [2.24, 2.45) is 4.99 Å². The van der Waals surface area contributed by atoms with Gasteiger partial charge in [-0.15, -0.1) is 0 Å². The van der Waals surface area contributed by atoms with Crippen LogP contribution in [0, 0.1) is 0 Å². The quantitative estimate of drug-likeness (QED) is 0.688.